The summed E-state index contributed by atoms with van der Waals surface area (Å²) in [6.07, 6.45) is -3.42. The summed E-state index contributed by atoms with van der Waals surface area (Å²) in [4.78, 5) is 11.0. The topological polar surface area (TPSA) is 119 Å². The molecule has 7 nitrogen and oxygen atoms in total. The first kappa shape index (κ1) is 16.9. The normalized spacial score (nSPS) is 16.2. The minimum absolute atomic E-state index is 0.122. The lowest BCUT2D eigenvalue weighted by Crippen LogP contribution is -2.35. The molecule has 0 aromatic carbocycles. The SMILES string of the molecule is CC(=O)N/C(=C(\O)C(O)CCO)C(O)OC(C)C. The summed E-state index contributed by atoms with van der Waals surface area (Å²) in [5, 5.41) is 39.7. The molecule has 0 radical (unpaired) electrons. The molecule has 0 heterocycles. The molecule has 18 heavy (non-hydrogen) atoms. The van der Waals surface area contributed by atoms with Gasteiger partial charge in [0, 0.05) is 20.0 Å². The molecule has 5 N–H and O–H groups in total. The molecular weight excluding hydrogens is 242 g/mol. The zero-order valence-electron chi connectivity index (χ0n) is 10.8. The van der Waals surface area contributed by atoms with Gasteiger partial charge < -0.3 is 30.5 Å². The Kier molecular flexibility index (Phi) is 7.53. The van der Waals surface area contributed by atoms with Gasteiger partial charge >= 0.3 is 0 Å². The van der Waals surface area contributed by atoms with Crippen LogP contribution in [0.1, 0.15) is 27.2 Å². The molecule has 0 saturated carbocycles. The van der Waals surface area contributed by atoms with Crippen LogP contribution >= 0.6 is 0 Å². The van der Waals surface area contributed by atoms with Crippen molar-refractivity contribution in [2.45, 2.75) is 45.7 Å². The number of nitrogens with one attached hydrogen (secondary N) is 1. The van der Waals surface area contributed by atoms with Crippen molar-refractivity contribution in [1.29, 1.82) is 0 Å². The van der Waals surface area contributed by atoms with E-state index >= 15 is 0 Å². The molecule has 106 valence electrons. The van der Waals surface area contributed by atoms with E-state index in [1.165, 1.54) is 6.92 Å². The number of aliphatic hydroxyl groups excluding tert-OH is 4. The van der Waals surface area contributed by atoms with Gasteiger partial charge in [0.15, 0.2) is 6.29 Å². The largest absolute Gasteiger partial charge is 0.508 e. The molecule has 7 heteroatoms. The molecule has 0 saturated heterocycles. The van der Waals surface area contributed by atoms with Gasteiger partial charge in [0.25, 0.3) is 0 Å². The number of hydrogen-bond acceptors (Lipinski definition) is 6. The van der Waals surface area contributed by atoms with E-state index in [-0.39, 0.29) is 24.8 Å². The third kappa shape index (κ3) is 5.97. The highest BCUT2D eigenvalue weighted by molar-refractivity contribution is 5.75. The molecule has 0 bridgehead atoms. The Morgan fingerprint density at radius 3 is 2.28 bits per heavy atom. The minimum atomic E-state index is -1.57. The second kappa shape index (κ2) is 8.04. The Morgan fingerprint density at radius 2 is 1.89 bits per heavy atom. The van der Waals surface area contributed by atoms with Crippen LogP contribution in [0, 0.1) is 0 Å². The second-order valence-electron chi connectivity index (χ2n) is 4.05. The summed E-state index contributed by atoms with van der Waals surface area (Å²) in [5.41, 5.74) is -0.322. The van der Waals surface area contributed by atoms with E-state index in [1.807, 2.05) is 0 Å². The van der Waals surface area contributed by atoms with Crippen LogP contribution in [0.15, 0.2) is 11.5 Å². The predicted molar refractivity (Wildman–Crippen MR) is 63.4 cm³/mol. The van der Waals surface area contributed by atoms with E-state index in [1.54, 1.807) is 13.8 Å². The molecule has 0 aliphatic carbocycles. The zero-order valence-corrected chi connectivity index (χ0v) is 10.8. The molecule has 0 aliphatic rings. The molecule has 0 aromatic heterocycles. The smallest absolute Gasteiger partial charge is 0.221 e. The van der Waals surface area contributed by atoms with Crippen molar-refractivity contribution in [3.05, 3.63) is 11.5 Å². The lowest BCUT2D eigenvalue weighted by molar-refractivity contribution is -0.125. The van der Waals surface area contributed by atoms with Gasteiger partial charge in [0.05, 0.1) is 6.10 Å². The van der Waals surface area contributed by atoms with E-state index < -0.39 is 24.1 Å². The van der Waals surface area contributed by atoms with E-state index in [9.17, 15) is 20.1 Å². The van der Waals surface area contributed by atoms with Gasteiger partial charge in [0.1, 0.15) is 17.6 Å². The van der Waals surface area contributed by atoms with Gasteiger partial charge in [-0.05, 0) is 13.8 Å². The number of aliphatic hydroxyl groups is 4. The van der Waals surface area contributed by atoms with Crippen molar-refractivity contribution < 1.29 is 30.0 Å². The fraction of sp³-hybridized carbons (Fsp3) is 0.727. The quantitative estimate of drug-likeness (QED) is 0.308. The predicted octanol–water partition coefficient (Wildman–Crippen LogP) is -0.621. The maximum atomic E-state index is 11.0. The monoisotopic (exact) mass is 263 g/mol. The molecule has 0 spiro atoms. The molecule has 0 fully saturated rings. The van der Waals surface area contributed by atoms with Gasteiger partial charge in [-0.25, -0.2) is 0 Å². The number of hydrogen-bond donors (Lipinski definition) is 5. The fourth-order valence-corrected chi connectivity index (χ4v) is 1.21. The highest BCUT2D eigenvalue weighted by Gasteiger charge is 2.23. The van der Waals surface area contributed by atoms with Crippen molar-refractivity contribution in [3.63, 3.8) is 0 Å². The highest BCUT2D eigenvalue weighted by Crippen LogP contribution is 2.13. The number of amides is 1. The van der Waals surface area contributed by atoms with Crippen LogP contribution in [0.25, 0.3) is 0 Å². The van der Waals surface area contributed by atoms with Gasteiger partial charge in [-0.15, -0.1) is 0 Å². The molecule has 0 aromatic rings. The standard InChI is InChI=1S/C11H21NO6/c1-6(2)18-11(17)9(12-7(3)14)10(16)8(15)4-5-13/h6,8,11,13,15-17H,4-5H2,1-3H3,(H,12,14)/b10-9-. The van der Waals surface area contributed by atoms with Crippen molar-refractivity contribution >= 4 is 5.91 Å². The first-order valence-corrected chi connectivity index (χ1v) is 5.62. The third-order valence-corrected chi connectivity index (χ3v) is 1.95. The summed E-state index contributed by atoms with van der Waals surface area (Å²) in [6, 6.07) is 0. The van der Waals surface area contributed by atoms with Crippen LogP contribution < -0.4 is 5.32 Å². The first-order valence-electron chi connectivity index (χ1n) is 5.62. The van der Waals surface area contributed by atoms with Crippen LogP contribution in [0.4, 0.5) is 0 Å². The Morgan fingerprint density at radius 1 is 1.33 bits per heavy atom. The number of rotatable bonds is 7. The molecule has 0 aliphatic heterocycles. The van der Waals surface area contributed by atoms with E-state index in [2.05, 4.69) is 5.32 Å². The lowest BCUT2D eigenvalue weighted by Gasteiger charge is -2.21. The van der Waals surface area contributed by atoms with Crippen molar-refractivity contribution in [3.8, 4) is 0 Å². The Balaban J connectivity index is 5.05. The first-order chi connectivity index (χ1) is 8.29. The fourth-order valence-electron chi connectivity index (χ4n) is 1.21. The maximum Gasteiger partial charge on any atom is 0.221 e. The van der Waals surface area contributed by atoms with Crippen molar-refractivity contribution in [2.75, 3.05) is 6.61 Å². The van der Waals surface area contributed by atoms with Gasteiger partial charge in [0.2, 0.25) is 5.91 Å². The van der Waals surface area contributed by atoms with Crippen LogP contribution in [0.3, 0.4) is 0 Å². The molecule has 2 unspecified atom stereocenters. The van der Waals surface area contributed by atoms with Crippen molar-refractivity contribution in [2.24, 2.45) is 0 Å². The number of ether oxygens (including phenoxy) is 1. The lowest BCUT2D eigenvalue weighted by atomic mass is 10.2. The third-order valence-electron chi connectivity index (χ3n) is 1.95. The van der Waals surface area contributed by atoms with Gasteiger partial charge in [-0.2, -0.15) is 0 Å². The molecule has 2 atom stereocenters. The second-order valence-corrected chi connectivity index (χ2v) is 4.05. The summed E-state index contributed by atoms with van der Waals surface area (Å²) in [5.74, 6) is -1.16. The Bertz CT molecular complexity index is 302. The summed E-state index contributed by atoms with van der Waals surface area (Å²) in [7, 11) is 0. The summed E-state index contributed by atoms with van der Waals surface area (Å²) in [6.45, 7) is 4.17. The summed E-state index contributed by atoms with van der Waals surface area (Å²) < 4.78 is 5.01. The van der Waals surface area contributed by atoms with E-state index in [4.69, 9.17) is 9.84 Å². The summed E-state index contributed by atoms with van der Waals surface area (Å²) >= 11 is 0. The van der Waals surface area contributed by atoms with E-state index in [0.29, 0.717) is 0 Å². The van der Waals surface area contributed by atoms with Crippen molar-refractivity contribution in [1.82, 2.24) is 5.32 Å². The Labute approximate surface area is 106 Å². The zero-order chi connectivity index (χ0) is 14.3. The molecule has 1 amide bonds. The molecular formula is C11H21NO6. The number of carbonyl (C=O) groups excluding carboxylic acids is 1. The van der Waals surface area contributed by atoms with Gasteiger partial charge in [-0.1, -0.05) is 0 Å². The van der Waals surface area contributed by atoms with Crippen LogP contribution in [-0.4, -0.2) is 51.4 Å². The van der Waals surface area contributed by atoms with E-state index in [0.717, 1.165) is 0 Å². The minimum Gasteiger partial charge on any atom is -0.508 e. The van der Waals surface area contributed by atoms with Crippen LogP contribution in [0.2, 0.25) is 0 Å². The average molecular weight is 263 g/mol. The van der Waals surface area contributed by atoms with Crippen LogP contribution in [0.5, 0.6) is 0 Å². The highest BCUT2D eigenvalue weighted by atomic mass is 16.6. The van der Waals surface area contributed by atoms with Crippen LogP contribution in [-0.2, 0) is 9.53 Å². The maximum absolute atomic E-state index is 11.0. The average Bonchev–Trinajstić information content (AvgIpc) is 2.23. The number of carbonyl (C=O) groups is 1. The Hall–Kier alpha value is -1.15. The van der Waals surface area contributed by atoms with Gasteiger partial charge in [-0.3, -0.25) is 4.79 Å². The molecule has 0 rings (SSSR count).